The van der Waals surface area contributed by atoms with Crippen LogP contribution in [0.15, 0.2) is 42.6 Å². The van der Waals surface area contributed by atoms with Crippen molar-refractivity contribution in [3.05, 3.63) is 59.3 Å². The quantitative estimate of drug-likeness (QED) is 0.138. The third-order valence-corrected chi connectivity index (χ3v) is 7.89. The first kappa shape index (κ1) is 31.5. The minimum atomic E-state index is -1.46. The summed E-state index contributed by atoms with van der Waals surface area (Å²) in [6.07, 6.45) is 5.34. The monoisotopic (exact) mass is 607 g/mol. The molecule has 2 aliphatic heterocycles. The Bertz CT molecular complexity index is 1470. The van der Waals surface area contributed by atoms with Crippen molar-refractivity contribution in [2.45, 2.75) is 70.0 Å². The number of carbonyl (C=O) groups excluding carboxylic acids is 2. The number of likely N-dealkylation sites (N-methyl/N-ethyl adjacent to an activating group) is 1. The van der Waals surface area contributed by atoms with Crippen molar-refractivity contribution in [3.63, 3.8) is 0 Å². The summed E-state index contributed by atoms with van der Waals surface area (Å²) in [5.74, 6) is -0.0969. The molecule has 3 aromatic rings. The average Bonchev–Trinajstić information content (AvgIpc) is 3.60. The van der Waals surface area contributed by atoms with Crippen molar-refractivity contribution >= 4 is 29.2 Å². The van der Waals surface area contributed by atoms with Gasteiger partial charge in [0.05, 0.1) is 12.2 Å². The number of benzene rings is 1. The molecule has 2 aliphatic rings. The van der Waals surface area contributed by atoms with E-state index in [2.05, 4.69) is 40.2 Å². The number of ether oxygens (including phenoxy) is 1. The van der Waals surface area contributed by atoms with Gasteiger partial charge in [-0.2, -0.15) is 19.6 Å². The molecule has 44 heavy (non-hydrogen) atoms. The van der Waals surface area contributed by atoms with Crippen LogP contribution in [0.3, 0.4) is 0 Å². The zero-order valence-corrected chi connectivity index (χ0v) is 25.7. The van der Waals surface area contributed by atoms with Gasteiger partial charge in [-0.1, -0.05) is 44.2 Å². The second-order valence-corrected chi connectivity index (χ2v) is 12.0. The molecule has 3 unspecified atom stereocenters. The van der Waals surface area contributed by atoms with Crippen LogP contribution >= 0.6 is 0 Å². The molecule has 1 aromatic carbocycles. The largest absolute Gasteiger partial charge is 0.381 e. The van der Waals surface area contributed by atoms with Crippen molar-refractivity contribution in [2.24, 2.45) is 0 Å². The summed E-state index contributed by atoms with van der Waals surface area (Å²) in [5.41, 5.74) is 3.71. The number of fused-ring (bicyclic) bond motifs is 1. The molecule has 236 valence electrons. The number of nitrogens with one attached hydrogen (secondary N) is 4. The molecule has 0 aliphatic carbocycles. The Balaban J connectivity index is 1.21. The van der Waals surface area contributed by atoms with E-state index in [-0.39, 0.29) is 18.0 Å². The van der Waals surface area contributed by atoms with E-state index < -0.39 is 24.0 Å². The van der Waals surface area contributed by atoms with E-state index in [0.717, 1.165) is 48.4 Å². The minimum Gasteiger partial charge on any atom is -0.381 e. The molecule has 2 aromatic heterocycles. The lowest BCUT2D eigenvalue weighted by Gasteiger charge is -2.23. The van der Waals surface area contributed by atoms with E-state index in [1.54, 1.807) is 10.6 Å². The van der Waals surface area contributed by atoms with Crippen LogP contribution in [-0.2, 0) is 20.9 Å². The predicted molar refractivity (Wildman–Crippen MR) is 166 cm³/mol. The molecule has 2 fully saturated rings. The Morgan fingerprint density at radius 1 is 1.18 bits per heavy atom. The van der Waals surface area contributed by atoms with E-state index in [9.17, 15) is 14.0 Å². The highest BCUT2D eigenvalue weighted by Crippen LogP contribution is 2.28. The van der Waals surface area contributed by atoms with Crippen molar-refractivity contribution in [1.82, 2.24) is 35.1 Å². The Morgan fingerprint density at radius 2 is 1.93 bits per heavy atom. The second kappa shape index (κ2) is 14.2. The first-order chi connectivity index (χ1) is 21.2. The van der Waals surface area contributed by atoms with E-state index in [1.165, 1.54) is 6.08 Å². The molecular weight excluding hydrogens is 565 g/mol. The van der Waals surface area contributed by atoms with Gasteiger partial charge >= 0.3 is 0 Å². The Hall–Kier alpha value is -3.94. The number of rotatable bonds is 12. The maximum absolute atomic E-state index is 14.7. The fraction of sp³-hybridized carbons (Fsp3) is 0.516. The second-order valence-electron chi connectivity index (χ2n) is 12.0. The van der Waals surface area contributed by atoms with E-state index in [1.807, 2.05) is 49.5 Å². The lowest BCUT2D eigenvalue weighted by molar-refractivity contribution is -0.135. The van der Waals surface area contributed by atoms with E-state index >= 15 is 0 Å². The maximum atomic E-state index is 14.7. The summed E-state index contributed by atoms with van der Waals surface area (Å²) in [4.78, 5) is 35.8. The molecule has 2 saturated heterocycles. The van der Waals surface area contributed by atoms with Crippen molar-refractivity contribution < 1.29 is 18.7 Å². The van der Waals surface area contributed by atoms with E-state index in [4.69, 9.17) is 14.7 Å². The smallest absolute Gasteiger partial charge is 0.292 e. The lowest BCUT2D eigenvalue weighted by Crippen LogP contribution is -2.43. The number of ketones is 1. The number of hydrogen-bond donors (Lipinski definition) is 4. The summed E-state index contributed by atoms with van der Waals surface area (Å²) >= 11 is 0. The molecule has 4 heterocycles. The first-order valence-corrected chi connectivity index (χ1v) is 15.2. The molecular formula is C31H42FN9O3. The molecule has 13 heteroatoms. The number of halogens is 1. The summed E-state index contributed by atoms with van der Waals surface area (Å²) in [7, 11) is 3.72. The lowest BCUT2D eigenvalue weighted by atomic mass is 10.0. The topological polar surface area (TPSA) is 138 Å². The van der Waals surface area contributed by atoms with Gasteiger partial charge in [0, 0.05) is 44.0 Å². The van der Waals surface area contributed by atoms with Crippen LogP contribution in [0.2, 0.25) is 0 Å². The highest BCUT2D eigenvalue weighted by Gasteiger charge is 2.36. The van der Waals surface area contributed by atoms with E-state index in [0.29, 0.717) is 31.4 Å². The summed E-state index contributed by atoms with van der Waals surface area (Å²) < 4.78 is 22.0. The average molecular weight is 608 g/mol. The van der Waals surface area contributed by atoms with Gasteiger partial charge in [-0.3, -0.25) is 14.9 Å². The number of aromatic nitrogens is 4. The number of nitrogens with zero attached hydrogens (tertiary/aromatic N) is 5. The number of alkyl halides is 1. The van der Waals surface area contributed by atoms with Gasteiger partial charge in [0.25, 0.3) is 5.91 Å². The fourth-order valence-corrected chi connectivity index (χ4v) is 5.35. The molecule has 0 saturated carbocycles. The van der Waals surface area contributed by atoms with Gasteiger partial charge < -0.3 is 25.6 Å². The zero-order chi connectivity index (χ0) is 31.2. The Morgan fingerprint density at radius 3 is 2.64 bits per heavy atom. The third kappa shape index (κ3) is 7.76. The van der Waals surface area contributed by atoms with Crippen LogP contribution in [0.4, 0.5) is 16.3 Å². The van der Waals surface area contributed by atoms with Crippen LogP contribution in [0.5, 0.6) is 0 Å². The van der Waals surface area contributed by atoms with Gasteiger partial charge in [-0.05, 0) is 56.5 Å². The predicted octanol–water partition coefficient (Wildman–Crippen LogP) is 2.95. The molecule has 12 nitrogen and oxygen atoms in total. The Labute approximate surface area is 256 Å². The van der Waals surface area contributed by atoms with Gasteiger partial charge in [-0.25, -0.2) is 4.39 Å². The maximum Gasteiger partial charge on any atom is 0.292 e. The van der Waals surface area contributed by atoms with Crippen molar-refractivity contribution in [2.75, 3.05) is 44.5 Å². The van der Waals surface area contributed by atoms with Crippen molar-refractivity contribution in [1.29, 1.82) is 0 Å². The van der Waals surface area contributed by atoms with Crippen molar-refractivity contribution in [3.8, 4) is 0 Å². The van der Waals surface area contributed by atoms with Crippen LogP contribution in [-0.4, -0.2) is 88.4 Å². The molecule has 4 N–H and O–H groups in total. The molecule has 5 rings (SSSR count). The van der Waals surface area contributed by atoms with Crippen LogP contribution in [0, 0.1) is 0 Å². The summed E-state index contributed by atoms with van der Waals surface area (Å²) in [6.45, 7) is 6.69. The first-order valence-electron chi connectivity index (χ1n) is 15.2. The fourth-order valence-electron chi connectivity index (χ4n) is 5.35. The number of amides is 1. The van der Waals surface area contributed by atoms with Crippen LogP contribution in [0.25, 0.3) is 5.65 Å². The van der Waals surface area contributed by atoms with Gasteiger partial charge in [0.15, 0.2) is 11.9 Å². The Kier molecular flexibility index (Phi) is 10.2. The molecule has 0 bridgehead atoms. The molecule has 3 atom stereocenters. The highest BCUT2D eigenvalue weighted by atomic mass is 19.1. The standard InChI is InChI=1S/C31H42FN9O3/c1-19(2)23-18-34-41-28(23)38-30(35-22-11-14-44-15-12-22)39-31(41)33-17-20-7-9-21(10-8-20)24-16-25(27(32)36-24)37-29(43)26(42)6-5-13-40(3)4/h5-10,18-19,22,24-25,27,36H,11-17H2,1-4H3,(H,37,43)(H2,33,35,38,39)/b6-5+. The number of carbonyl (C=O) groups is 2. The van der Waals surface area contributed by atoms with Gasteiger partial charge in [-0.15, -0.1) is 0 Å². The normalized spacial score (nSPS) is 21.0. The molecule has 0 radical (unpaired) electrons. The third-order valence-electron chi connectivity index (χ3n) is 7.89. The van der Waals surface area contributed by atoms with Gasteiger partial charge in [0.2, 0.25) is 17.7 Å². The highest BCUT2D eigenvalue weighted by molar-refractivity contribution is 6.40. The summed E-state index contributed by atoms with van der Waals surface area (Å²) in [6, 6.07) is 7.00. The van der Waals surface area contributed by atoms with Crippen LogP contribution < -0.4 is 21.3 Å². The van der Waals surface area contributed by atoms with Crippen LogP contribution in [0.1, 0.15) is 61.8 Å². The number of hydrogen-bond acceptors (Lipinski definition) is 10. The number of anilines is 2. The van der Waals surface area contributed by atoms with Gasteiger partial charge in [0.1, 0.15) is 0 Å². The zero-order valence-electron chi connectivity index (χ0n) is 25.7. The molecule has 0 spiro atoms. The minimum absolute atomic E-state index is 0.253. The summed E-state index contributed by atoms with van der Waals surface area (Å²) in [5, 5.41) is 16.9. The molecule has 1 amide bonds. The SMILES string of the molecule is CC(C)c1cnn2c(NCc3ccc(C4CC(NC(=O)C(=O)/C=C/CN(C)C)C(F)N4)cc3)nc(NC3CCOCC3)nc12.